The normalized spacial score (nSPS) is 17.2. The highest BCUT2D eigenvalue weighted by Crippen LogP contribution is 2.44. The number of esters is 1. The average molecular weight is 559 g/mol. The molecule has 1 aromatic heterocycles. The highest BCUT2D eigenvalue weighted by Gasteiger charge is 2.48. The van der Waals surface area contributed by atoms with Gasteiger partial charge in [-0.05, 0) is 50.1 Å². The zero-order valence-corrected chi connectivity index (χ0v) is 21.4. The van der Waals surface area contributed by atoms with Crippen molar-refractivity contribution in [3.8, 4) is 0 Å². The second-order valence-electron chi connectivity index (χ2n) is 7.82. The maximum absolute atomic E-state index is 14.2. The molecule has 0 spiro atoms. The van der Waals surface area contributed by atoms with Crippen molar-refractivity contribution in [3.05, 3.63) is 85.6 Å². The summed E-state index contributed by atoms with van der Waals surface area (Å²) in [6.07, 6.45) is 0. The van der Waals surface area contributed by atoms with E-state index in [4.69, 9.17) is 4.74 Å². The summed E-state index contributed by atoms with van der Waals surface area (Å²) >= 11 is 4.28. The van der Waals surface area contributed by atoms with Gasteiger partial charge >= 0.3 is 11.9 Å². The quantitative estimate of drug-likeness (QED) is 0.193. The zero-order valence-electron chi connectivity index (χ0n) is 19.0. The Balaban J connectivity index is 1.92. The van der Waals surface area contributed by atoms with Crippen LogP contribution in [0, 0.1) is 19.7 Å². The number of benzene rings is 2. The predicted molar refractivity (Wildman–Crippen MR) is 133 cm³/mol. The van der Waals surface area contributed by atoms with Gasteiger partial charge in [-0.2, -0.15) is 0 Å². The van der Waals surface area contributed by atoms with Crippen molar-refractivity contribution in [1.29, 1.82) is 0 Å². The molecule has 1 aliphatic rings. The Morgan fingerprint density at radius 3 is 2.51 bits per heavy atom. The number of ether oxygens (including phenoxy) is 1. The number of anilines is 1. The molecule has 1 amide bonds. The molecule has 180 valence electrons. The Morgan fingerprint density at radius 1 is 1.20 bits per heavy atom. The Bertz CT molecular complexity index is 1380. The first-order valence-electron chi connectivity index (χ1n) is 10.6. The minimum Gasteiger partial charge on any atom is -0.507 e. The van der Waals surface area contributed by atoms with E-state index in [1.807, 2.05) is 0 Å². The van der Waals surface area contributed by atoms with E-state index in [0.717, 1.165) is 26.8 Å². The van der Waals surface area contributed by atoms with E-state index in [-0.39, 0.29) is 27.8 Å². The van der Waals surface area contributed by atoms with Crippen LogP contribution in [0.15, 0.2) is 52.5 Å². The molecule has 35 heavy (non-hydrogen) atoms. The number of rotatable bonds is 5. The van der Waals surface area contributed by atoms with Crippen LogP contribution < -0.4 is 4.90 Å². The van der Waals surface area contributed by atoms with Crippen LogP contribution in [-0.2, 0) is 14.3 Å². The van der Waals surface area contributed by atoms with E-state index in [0.29, 0.717) is 16.8 Å². The van der Waals surface area contributed by atoms with Crippen molar-refractivity contribution in [2.45, 2.75) is 26.8 Å². The largest absolute Gasteiger partial charge is 0.507 e. The van der Waals surface area contributed by atoms with Gasteiger partial charge in [0.1, 0.15) is 16.5 Å². The molecule has 2 heterocycles. The number of Topliss-reactive ketones (excluding diaryl/α,β-unsaturated/α-hetero) is 1. The van der Waals surface area contributed by atoms with Gasteiger partial charge in [-0.1, -0.05) is 51.5 Å². The lowest BCUT2D eigenvalue weighted by Gasteiger charge is -2.23. The number of aromatic nitrogens is 1. The smallest absolute Gasteiger partial charge is 0.350 e. The van der Waals surface area contributed by atoms with E-state index in [2.05, 4.69) is 20.9 Å². The van der Waals surface area contributed by atoms with Crippen molar-refractivity contribution >= 4 is 55.8 Å². The summed E-state index contributed by atoms with van der Waals surface area (Å²) in [5.74, 6) is -3.51. The molecule has 0 unspecified atom stereocenters. The molecule has 1 N–H and O–H groups in total. The molecule has 10 heteroatoms. The molecule has 0 saturated carbocycles. The summed E-state index contributed by atoms with van der Waals surface area (Å²) in [5.41, 5.74) is 1.10. The fourth-order valence-electron chi connectivity index (χ4n) is 3.76. The summed E-state index contributed by atoms with van der Waals surface area (Å²) in [7, 11) is 0. The number of nitrogens with zero attached hydrogens (tertiary/aromatic N) is 2. The van der Waals surface area contributed by atoms with Crippen LogP contribution in [0.25, 0.3) is 5.76 Å². The van der Waals surface area contributed by atoms with Gasteiger partial charge in [0.2, 0.25) is 0 Å². The van der Waals surface area contributed by atoms with Gasteiger partial charge in [-0.25, -0.2) is 14.2 Å². The molecule has 4 rings (SSSR count). The molecule has 1 atom stereocenters. The van der Waals surface area contributed by atoms with E-state index < -0.39 is 35.3 Å². The van der Waals surface area contributed by atoms with Gasteiger partial charge < -0.3 is 9.84 Å². The van der Waals surface area contributed by atoms with Crippen molar-refractivity contribution in [1.82, 2.24) is 4.98 Å². The third-order valence-electron chi connectivity index (χ3n) is 5.53. The predicted octanol–water partition coefficient (Wildman–Crippen LogP) is 5.46. The third kappa shape index (κ3) is 4.51. The molecule has 2 aromatic carbocycles. The summed E-state index contributed by atoms with van der Waals surface area (Å²) in [4.78, 5) is 44.5. The van der Waals surface area contributed by atoms with Crippen molar-refractivity contribution in [3.63, 3.8) is 0 Å². The lowest BCUT2D eigenvalue weighted by molar-refractivity contribution is -0.132. The molecular weight excluding hydrogens is 539 g/mol. The van der Waals surface area contributed by atoms with Gasteiger partial charge in [0, 0.05) is 10.0 Å². The van der Waals surface area contributed by atoms with Gasteiger partial charge in [-0.3, -0.25) is 14.5 Å². The number of hydrogen-bond acceptors (Lipinski definition) is 7. The minimum atomic E-state index is -1.05. The number of aliphatic hydroxyl groups excluding tert-OH is 1. The third-order valence-corrected chi connectivity index (χ3v) is 7.19. The van der Waals surface area contributed by atoms with Crippen molar-refractivity contribution in [2.75, 3.05) is 11.5 Å². The first-order valence-corrected chi connectivity index (χ1v) is 12.2. The van der Waals surface area contributed by atoms with Gasteiger partial charge in [0.15, 0.2) is 5.13 Å². The Kier molecular flexibility index (Phi) is 6.86. The fraction of sp³-hybridized carbons (Fsp3) is 0.200. The number of amides is 1. The molecule has 0 radical (unpaired) electrons. The van der Waals surface area contributed by atoms with Crippen LogP contribution in [0.5, 0.6) is 0 Å². The number of aliphatic hydroxyl groups is 1. The highest BCUT2D eigenvalue weighted by molar-refractivity contribution is 9.10. The molecule has 1 saturated heterocycles. The molecule has 1 fully saturated rings. The maximum atomic E-state index is 14.2. The minimum absolute atomic E-state index is 0.0655. The van der Waals surface area contributed by atoms with E-state index >= 15 is 0 Å². The average Bonchev–Trinajstić information content (AvgIpc) is 3.33. The molecule has 0 bridgehead atoms. The Morgan fingerprint density at radius 2 is 1.89 bits per heavy atom. The van der Waals surface area contributed by atoms with E-state index in [1.165, 1.54) is 12.1 Å². The number of carbonyl (C=O) groups excluding carboxylic acids is 3. The lowest BCUT2D eigenvalue weighted by Crippen LogP contribution is -2.29. The van der Waals surface area contributed by atoms with Crippen LogP contribution >= 0.6 is 27.3 Å². The number of ketones is 1. The molecule has 1 aliphatic heterocycles. The van der Waals surface area contributed by atoms with Gasteiger partial charge in [-0.15, -0.1) is 0 Å². The maximum Gasteiger partial charge on any atom is 0.350 e. The fourth-order valence-corrected chi connectivity index (χ4v) is 5.01. The monoisotopic (exact) mass is 558 g/mol. The summed E-state index contributed by atoms with van der Waals surface area (Å²) in [6, 6.07) is 9.89. The second-order valence-corrected chi connectivity index (χ2v) is 9.71. The van der Waals surface area contributed by atoms with Gasteiger partial charge in [0.05, 0.1) is 23.9 Å². The zero-order chi connectivity index (χ0) is 25.4. The van der Waals surface area contributed by atoms with Crippen molar-refractivity contribution < 1.29 is 28.6 Å². The van der Waals surface area contributed by atoms with E-state index in [1.54, 1.807) is 45.0 Å². The van der Waals surface area contributed by atoms with Gasteiger partial charge in [0.25, 0.3) is 5.78 Å². The summed E-state index contributed by atoms with van der Waals surface area (Å²) in [5, 5.41) is 11.2. The highest BCUT2D eigenvalue weighted by atomic mass is 79.9. The van der Waals surface area contributed by atoms with Crippen LogP contribution in [0.4, 0.5) is 9.52 Å². The standard InChI is InChI=1S/C25H20BrFN2O5S/c1-4-34-24(33)22-13(3)28-25(35-22)29-19(14-7-9-16(26)10-8-14)18(21(31)23(29)32)20(30)15-6-5-12(2)17(27)11-15/h5-11,19,30H,4H2,1-3H3/t19-/m1/s1. The van der Waals surface area contributed by atoms with E-state index in [9.17, 15) is 23.9 Å². The number of halogens is 2. The van der Waals surface area contributed by atoms with Crippen LogP contribution in [-0.4, -0.2) is 34.4 Å². The number of thiazole rings is 1. The number of aryl methyl sites for hydroxylation is 2. The number of carbonyl (C=O) groups is 3. The Hall–Kier alpha value is -3.37. The summed E-state index contributed by atoms with van der Waals surface area (Å²) < 4.78 is 20.1. The second kappa shape index (κ2) is 9.71. The first kappa shape index (κ1) is 24.7. The summed E-state index contributed by atoms with van der Waals surface area (Å²) in [6.45, 7) is 5.02. The topological polar surface area (TPSA) is 96.8 Å². The molecule has 7 nitrogen and oxygen atoms in total. The lowest BCUT2D eigenvalue weighted by atomic mass is 9.95. The first-order chi connectivity index (χ1) is 16.6. The molecule has 0 aliphatic carbocycles. The van der Waals surface area contributed by atoms with Crippen LogP contribution in [0.1, 0.15) is 45.0 Å². The molecule has 3 aromatic rings. The number of hydrogen-bond donors (Lipinski definition) is 1. The van der Waals surface area contributed by atoms with Crippen LogP contribution in [0.2, 0.25) is 0 Å². The van der Waals surface area contributed by atoms with Crippen molar-refractivity contribution in [2.24, 2.45) is 0 Å². The SMILES string of the molecule is CCOC(=O)c1sc(N2C(=O)C(=O)C(=C(O)c3ccc(C)c(F)c3)[C@H]2c2ccc(Br)cc2)nc1C. The molecular formula is C25H20BrFN2O5S. The van der Waals surface area contributed by atoms with Crippen LogP contribution in [0.3, 0.4) is 0 Å². The Labute approximate surface area is 213 Å².